The van der Waals surface area contributed by atoms with Crippen LogP contribution in [0.15, 0.2) is 65.6 Å². The van der Waals surface area contributed by atoms with Gasteiger partial charge < -0.3 is 10.6 Å². The van der Waals surface area contributed by atoms with Crippen LogP contribution in [0.3, 0.4) is 0 Å². The van der Waals surface area contributed by atoms with Gasteiger partial charge in [0.05, 0.1) is 10.6 Å². The summed E-state index contributed by atoms with van der Waals surface area (Å²) in [4.78, 5) is 12.8. The molecule has 1 aliphatic rings. The summed E-state index contributed by atoms with van der Waals surface area (Å²) in [5.74, 6) is 0. The van der Waals surface area contributed by atoms with Gasteiger partial charge in [-0.2, -0.15) is 0 Å². The normalized spacial score (nSPS) is 13.1. The number of carbonyl (C=O) groups excluding carboxylic acids is 1. The fourth-order valence-electron chi connectivity index (χ4n) is 3.67. The van der Waals surface area contributed by atoms with E-state index in [4.69, 9.17) is 0 Å². The van der Waals surface area contributed by atoms with Gasteiger partial charge in [-0.1, -0.05) is 35.9 Å². The Bertz CT molecular complexity index is 1250. The first-order valence-corrected chi connectivity index (χ1v) is 11.6. The van der Waals surface area contributed by atoms with Crippen LogP contribution in [-0.4, -0.2) is 21.0 Å². The van der Waals surface area contributed by atoms with E-state index in [2.05, 4.69) is 10.6 Å². The molecule has 3 aromatic rings. The third kappa shape index (κ3) is 4.27. The molecule has 160 valence electrons. The molecular formula is C24H25N3O3S. The lowest BCUT2D eigenvalue weighted by Gasteiger charge is -2.20. The van der Waals surface area contributed by atoms with Crippen LogP contribution in [0.1, 0.15) is 22.3 Å². The number of urea groups is 1. The van der Waals surface area contributed by atoms with E-state index >= 15 is 0 Å². The second-order valence-corrected chi connectivity index (χ2v) is 9.74. The Morgan fingerprint density at radius 1 is 0.871 bits per heavy atom. The number of fused-ring (bicyclic) bond motifs is 1. The molecule has 1 aliphatic heterocycles. The first-order chi connectivity index (χ1) is 14.7. The number of hydrogen-bond acceptors (Lipinski definition) is 3. The molecule has 2 amide bonds. The van der Waals surface area contributed by atoms with Gasteiger partial charge >= 0.3 is 6.03 Å². The van der Waals surface area contributed by atoms with Crippen LogP contribution in [0.5, 0.6) is 0 Å². The molecule has 3 aromatic carbocycles. The van der Waals surface area contributed by atoms with E-state index < -0.39 is 10.0 Å². The Morgan fingerprint density at radius 2 is 1.58 bits per heavy atom. The Balaban J connectivity index is 1.56. The van der Waals surface area contributed by atoms with Crippen LogP contribution in [0.4, 0.5) is 21.9 Å². The number of amides is 2. The zero-order chi connectivity index (χ0) is 22.2. The van der Waals surface area contributed by atoms with Crippen molar-refractivity contribution in [3.63, 3.8) is 0 Å². The monoisotopic (exact) mass is 435 g/mol. The SMILES string of the molecule is Cc1ccc(S(=O)(=O)N2CCc3ccc(NC(=O)Nc4cc(C)ccc4C)cc32)cc1. The van der Waals surface area contributed by atoms with Gasteiger partial charge in [0, 0.05) is 17.9 Å². The van der Waals surface area contributed by atoms with Crippen molar-refractivity contribution < 1.29 is 13.2 Å². The van der Waals surface area contributed by atoms with E-state index in [9.17, 15) is 13.2 Å². The number of aryl methyl sites for hydroxylation is 3. The number of benzene rings is 3. The van der Waals surface area contributed by atoms with E-state index in [1.165, 1.54) is 4.31 Å². The molecular weight excluding hydrogens is 410 g/mol. The van der Waals surface area contributed by atoms with Crippen molar-refractivity contribution in [2.75, 3.05) is 21.5 Å². The fourth-order valence-corrected chi connectivity index (χ4v) is 5.16. The van der Waals surface area contributed by atoms with Crippen molar-refractivity contribution in [2.45, 2.75) is 32.1 Å². The molecule has 0 radical (unpaired) electrons. The van der Waals surface area contributed by atoms with Gasteiger partial charge in [0.2, 0.25) is 0 Å². The Kier molecular flexibility index (Phi) is 5.45. The van der Waals surface area contributed by atoms with Crippen LogP contribution in [0, 0.1) is 20.8 Å². The average Bonchev–Trinajstić information content (AvgIpc) is 3.15. The number of anilines is 3. The third-order valence-electron chi connectivity index (χ3n) is 5.45. The molecule has 31 heavy (non-hydrogen) atoms. The zero-order valence-electron chi connectivity index (χ0n) is 17.8. The average molecular weight is 436 g/mol. The third-order valence-corrected chi connectivity index (χ3v) is 7.27. The molecule has 0 aromatic heterocycles. The minimum absolute atomic E-state index is 0.261. The number of nitrogens with zero attached hydrogens (tertiary/aromatic N) is 1. The molecule has 4 rings (SSSR count). The fraction of sp³-hybridized carbons (Fsp3) is 0.208. The summed E-state index contributed by atoms with van der Waals surface area (Å²) in [6.45, 7) is 6.19. The van der Waals surface area contributed by atoms with Crippen LogP contribution in [0.25, 0.3) is 0 Å². The molecule has 0 atom stereocenters. The van der Waals surface area contributed by atoms with Crippen molar-refractivity contribution in [2.24, 2.45) is 0 Å². The maximum Gasteiger partial charge on any atom is 0.323 e. The van der Waals surface area contributed by atoms with Crippen molar-refractivity contribution in [1.29, 1.82) is 0 Å². The van der Waals surface area contributed by atoms with Gasteiger partial charge in [0.1, 0.15) is 0 Å². The van der Waals surface area contributed by atoms with Crippen LogP contribution in [-0.2, 0) is 16.4 Å². The molecule has 2 N–H and O–H groups in total. The lowest BCUT2D eigenvalue weighted by molar-refractivity contribution is 0.262. The number of nitrogens with one attached hydrogen (secondary N) is 2. The molecule has 0 aliphatic carbocycles. The summed E-state index contributed by atoms with van der Waals surface area (Å²) in [6.07, 6.45) is 0.634. The molecule has 0 bridgehead atoms. The van der Waals surface area contributed by atoms with Crippen molar-refractivity contribution in [3.05, 3.63) is 82.9 Å². The van der Waals surface area contributed by atoms with Gasteiger partial charge in [-0.15, -0.1) is 0 Å². The van der Waals surface area contributed by atoms with Gasteiger partial charge in [-0.25, -0.2) is 13.2 Å². The van der Waals surface area contributed by atoms with Gasteiger partial charge in [0.15, 0.2) is 0 Å². The van der Waals surface area contributed by atoms with E-state index in [1.54, 1.807) is 36.4 Å². The van der Waals surface area contributed by atoms with Gasteiger partial charge in [-0.05, 0) is 74.2 Å². The smallest absolute Gasteiger partial charge is 0.308 e. The van der Waals surface area contributed by atoms with Gasteiger partial charge in [-0.3, -0.25) is 4.31 Å². The highest BCUT2D eigenvalue weighted by molar-refractivity contribution is 7.92. The van der Waals surface area contributed by atoms with Crippen molar-refractivity contribution in [3.8, 4) is 0 Å². The number of hydrogen-bond donors (Lipinski definition) is 2. The minimum atomic E-state index is -3.67. The highest BCUT2D eigenvalue weighted by Crippen LogP contribution is 2.35. The van der Waals surface area contributed by atoms with Crippen LogP contribution >= 0.6 is 0 Å². The lowest BCUT2D eigenvalue weighted by atomic mass is 10.1. The van der Waals surface area contributed by atoms with E-state index in [-0.39, 0.29) is 10.9 Å². The zero-order valence-corrected chi connectivity index (χ0v) is 18.6. The largest absolute Gasteiger partial charge is 0.323 e. The molecule has 0 fully saturated rings. The summed E-state index contributed by atoms with van der Waals surface area (Å²) in [5.41, 5.74) is 5.83. The summed E-state index contributed by atoms with van der Waals surface area (Å²) >= 11 is 0. The number of sulfonamides is 1. The maximum absolute atomic E-state index is 13.2. The van der Waals surface area contributed by atoms with E-state index in [0.29, 0.717) is 24.3 Å². The number of carbonyl (C=O) groups is 1. The Labute approximate surface area is 183 Å². The number of rotatable bonds is 4. The predicted molar refractivity (Wildman–Crippen MR) is 124 cm³/mol. The maximum atomic E-state index is 13.2. The highest BCUT2D eigenvalue weighted by Gasteiger charge is 2.31. The quantitative estimate of drug-likeness (QED) is 0.605. The lowest BCUT2D eigenvalue weighted by Crippen LogP contribution is -2.29. The molecule has 0 spiro atoms. The minimum Gasteiger partial charge on any atom is -0.308 e. The van der Waals surface area contributed by atoms with E-state index in [1.807, 2.05) is 45.0 Å². The molecule has 0 saturated heterocycles. The second-order valence-electron chi connectivity index (χ2n) is 7.88. The van der Waals surface area contributed by atoms with Crippen LogP contribution in [0.2, 0.25) is 0 Å². The Morgan fingerprint density at radius 3 is 2.32 bits per heavy atom. The standard InChI is InChI=1S/C24H25N3O3S/c1-16-5-10-21(11-6-16)31(29,30)27-13-12-19-8-9-20(15-23(19)27)25-24(28)26-22-14-17(2)4-7-18(22)3/h4-11,14-15H,12-13H2,1-3H3,(H2,25,26,28). The molecule has 6 nitrogen and oxygen atoms in total. The summed E-state index contributed by atoms with van der Waals surface area (Å²) in [7, 11) is -3.67. The molecule has 0 unspecified atom stereocenters. The summed E-state index contributed by atoms with van der Waals surface area (Å²) < 4.78 is 27.8. The highest BCUT2D eigenvalue weighted by atomic mass is 32.2. The summed E-state index contributed by atoms with van der Waals surface area (Å²) in [5, 5.41) is 5.67. The Hall–Kier alpha value is -3.32. The van der Waals surface area contributed by atoms with Crippen LogP contribution < -0.4 is 14.9 Å². The first-order valence-electron chi connectivity index (χ1n) is 10.1. The van der Waals surface area contributed by atoms with Crippen molar-refractivity contribution >= 4 is 33.1 Å². The first kappa shape index (κ1) is 20.9. The predicted octanol–water partition coefficient (Wildman–Crippen LogP) is 5.01. The van der Waals surface area contributed by atoms with Gasteiger partial charge in [0.25, 0.3) is 10.0 Å². The molecule has 1 heterocycles. The topological polar surface area (TPSA) is 78.5 Å². The van der Waals surface area contributed by atoms with Crippen molar-refractivity contribution in [1.82, 2.24) is 0 Å². The summed E-state index contributed by atoms with van der Waals surface area (Å²) in [6, 6.07) is 17.7. The molecule has 0 saturated carbocycles. The second kappa shape index (κ2) is 8.07. The van der Waals surface area contributed by atoms with E-state index in [0.717, 1.165) is 27.9 Å². The molecule has 7 heteroatoms.